The van der Waals surface area contributed by atoms with Crippen molar-refractivity contribution in [2.45, 2.75) is 361 Å². The second kappa shape index (κ2) is 52.8. The lowest BCUT2D eigenvalue weighted by molar-refractivity contribution is 0.515. The highest BCUT2D eigenvalue weighted by molar-refractivity contribution is 5.27. The van der Waals surface area contributed by atoms with Crippen LogP contribution in [0.15, 0.2) is 24.3 Å². The number of hydrogen-bond acceptors (Lipinski definition) is 0. The SMILES string of the molecule is CCCCCCCCCCCCCCCCCCCCCCCCCCCCc1ccccc1CCCCCCCCCCCCCCCCCCCCCCCCCCCC. The molecular formula is C62H118. The Morgan fingerprint density at radius 3 is 0.452 bits per heavy atom. The molecule has 62 heavy (non-hydrogen) atoms. The molecule has 1 aromatic rings. The molecule has 0 radical (unpaired) electrons. The zero-order valence-corrected chi connectivity index (χ0v) is 43.5. The monoisotopic (exact) mass is 863 g/mol. The summed E-state index contributed by atoms with van der Waals surface area (Å²) in [6.07, 6.45) is 79.0. The van der Waals surface area contributed by atoms with Crippen LogP contribution in [0.5, 0.6) is 0 Å². The van der Waals surface area contributed by atoms with Crippen molar-refractivity contribution in [3.8, 4) is 0 Å². The maximum atomic E-state index is 2.43. The van der Waals surface area contributed by atoms with Crippen LogP contribution < -0.4 is 0 Å². The largest absolute Gasteiger partial charge is 0.0654 e. The fraction of sp³-hybridized carbons (Fsp3) is 0.903. The summed E-state index contributed by atoms with van der Waals surface area (Å²) in [4.78, 5) is 0. The van der Waals surface area contributed by atoms with E-state index in [2.05, 4.69) is 38.1 Å². The van der Waals surface area contributed by atoms with Crippen LogP contribution in [0.1, 0.15) is 359 Å². The van der Waals surface area contributed by atoms with Crippen LogP contribution in [0.2, 0.25) is 0 Å². The molecule has 0 saturated carbocycles. The van der Waals surface area contributed by atoms with Gasteiger partial charge in [0.1, 0.15) is 0 Å². The van der Waals surface area contributed by atoms with Gasteiger partial charge in [-0.1, -0.05) is 359 Å². The standard InChI is InChI=1S/C62H118/c1-3-5-7-9-11-13-15-17-19-21-23-25-27-29-31-33-35-37-39-41-43-45-47-49-51-53-57-61-59-55-56-60-62(61)58-54-52-50-48-46-44-42-40-38-36-34-32-30-28-26-24-22-20-18-16-14-12-10-8-6-4-2/h55-56,59-60H,3-54,57-58H2,1-2H3. The van der Waals surface area contributed by atoms with Gasteiger partial charge in [0.25, 0.3) is 0 Å². The molecule has 0 nitrogen and oxygen atoms in total. The van der Waals surface area contributed by atoms with Crippen molar-refractivity contribution < 1.29 is 0 Å². The molecule has 0 saturated heterocycles. The Hall–Kier alpha value is -0.780. The van der Waals surface area contributed by atoms with Gasteiger partial charge < -0.3 is 0 Å². The second-order valence-corrected chi connectivity index (χ2v) is 20.9. The number of rotatable bonds is 54. The lowest BCUT2D eigenvalue weighted by atomic mass is 9.96. The number of hydrogen-bond donors (Lipinski definition) is 0. The molecule has 0 atom stereocenters. The molecule has 0 aliphatic carbocycles. The Morgan fingerprint density at radius 1 is 0.177 bits per heavy atom. The van der Waals surface area contributed by atoms with E-state index in [-0.39, 0.29) is 0 Å². The molecule has 0 unspecified atom stereocenters. The van der Waals surface area contributed by atoms with Crippen molar-refractivity contribution in [3.05, 3.63) is 35.4 Å². The highest BCUT2D eigenvalue weighted by Crippen LogP contribution is 2.21. The maximum Gasteiger partial charge on any atom is -0.0276 e. The molecule has 0 aromatic heterocycles. The van der Waals surface area contributed by atoms with E-state index in [0.29, 0.717) is 0 Å². The van der Waals surface area contributed by atoms with Crippen LogP contribution in [0, 0.1) is 0 Å². The lowest BCUT2D eigenvalue weighted by Gasteiger charge is -2.10. The smallest absolute Gasteiger partial charge is 0.0276 e. The molecule has 0 fully saturated rings. The first-order valence-corrected chi connectivity index (χ1v) is 29.9. The molecule has 1 aromatic carbocycles. The van der Waals surface area contributed by atoms with E-state index in [1.165, 1.54) is 347 Å². The summed E-state index contributed by atoms with van der Waals surface area (Å²) in [5.41, 5.74) is 3.30. The first kappa shape index (κ1) is 59.2. The Balaban J connectivity index is 1.78. The summed E-state index contributed by atoms with van der Waals surface area (Å²) in [7, 11) is 0. The van der Waals surface area contributed by atoms with Crippen molar-refractivity contribution >= 4 is 0 Å². The molecule has 366 valence electrons. The van der Waals surface area contributed by atoms with Gasteiger partial charge in [-0.05, 0) is 36.8 Å². The Kier molecular flexibility index (Phi) is 50.5. The van der Waals surface area contributed by atoms with Crippen LogP contribution in [0.4, 0.5) is 0 Å². The summed E-state index contributed by atoms with van der Waals surface area (Å²) in [6, 6.07) is 9.41. The van der Waals surface area contributed by atoms with Crippen LogP contribution in [-0.4, -0.2) is 0 Å². The molecular weight excluding hydrogens is 745 g/mol. The van der Waals surface area contributed by atoms with E-state index in [9.17, 15) is 0 Å². The number of unbranched alkanes of at least 4 members (excludes halogenated alkanes) is 50. The van der Waals surface area contributed by atoms with Crippen molar-refractivity contribution in [3.63, 3.8) is 0 Å². The van der Waals surface area contributed by atoms with Gasteiger partial charge >= 0.3 is 0 Å². The summed E-state index contributed by atoms with van der Waals surface area (Å²) >= 11 is 0. The van der Waals surface area contributed by atoms with Crippen molar-refractivity contribution in [1.82, 2.24) is 0 Å². The van der Waals surface area contributed by atoms with E-state index in [4.69, 9.17) is 0 Å². The zero-order chi connectivity index (χ0) is 44.2. The van der Waals surface area contributed by atoms with Gasteiger partial charge in [0.05, 0.1) is 0 Å². The van der Waals surface area contributed by atoms with Crippen LogP contribution in [-0.2, 0) is 12.8 Å². The molecule has 0 aliphatic rings. The van der Waals surface area contributed by atoms with Gasteiger partial charge in [-0.25, -0.2) is 0 Å². The highest BCUT2D eigenvalue weighted by Gasteiger charge is 2.04. The fourth-order valence-corrected chi connectivity index (χ4v) is 10.3. The minimum Gasteiger partial charge on any atom is -0.0654 e. The van der Waals surface area contributed by atoms with E-state index in [1.54, 1.807) is 11.1 Å². The molecule has 1 rings (SSSR count). The van der Waals surface area contributed by atoms with Gasteiger partial charge in [-0.2, -0.15) is 0 Å². The first-order chi connectivity index (χ1) is 30.9. The van der Waals surface area contributed by atoms with E-state index in [1.807, 2.05) is 0 Å². The molecule has 0 amide bonds. The van der Waals surface area contributed by atoms with Crippen molar-refractivity contribution in [2.75, 3.05) is 0 Å². The van der Waals surface area contributed by atoms with E-state index in [0.717, 1.165) is 0 Å². The van der Waals surface area contributed by atoms with Gasteiger partial charge in [-0.15, -0.1) is 0 Å². The average molecular weight is 864 g/mol. The summed E-state index contributed by atoms with van der Waals surface area (Å²) in [6.45, 7) is 4.63. The molecule has 0 aliphatic heterocycles. The Labute approximate surface area is 394 Å². The van der Waals surface area contributed by atoms with Crippen LogP contribution >= 0.6 is 0 Å². The predicted octanol–water partition coefficient (Wildman–Crippen LogP) is 23.1. The van der Waals surface area contributed by atoms with Crippen molar-refractivity contribution in [2.24, 2.45) is 0 Å². The average Bonchev–Trinajstić information content (AvgIpc) is 3.29. The topological polar surface area (TPSA) is 0 Å². The molecule has 0 bridgehead atoms. The predicted molar refractivity (Wildman–Crippen MR) is 285 cm³/mol. The van der Waals surface area contributed by atoms with Crippen molar-refractivity contribution in [1.29, 1.82) is 0 Å². The quantitative estimate of drug-likeness (QED) is 0.0573. The minimum absolute atomic E-state index is 1.30. The summed E-state index contributed by atoms with van der Waals surface area (Å²) < 4.78 is 0. The number of aryl methyl sites for hydroxylation is 2. The van der Waals surface area contributed by atoms with Crippen LogP contribution in [0.3, 0.4) is 0 Å². The highest BCUT2D eigenvalue weighted by atomic mass is 14.1. The Morgan fingerprint density at radius 2 is 0.306 bits per heavy atom. The van der Waals surface area contributed by atoms with Gasteiger partial charge in [0.2, 0.25) is 0 Å². The third-order valence-electron chi connectivity index (χ3n) is 14.7. The van der Waals surface area contributed by atoms with Gasteiger partial charge in [0, 0.05) is 0 Å². The van der Waals surface area contributed by atoms with E-state index >= 15 is 0 Å². The summed E-state index contributed by atoms with van der Waals surface area (Å²) in [5, 5.41) is 0. The maximum absolute atomic E-state index is 2.43. The van der Waals surface area contributed by atoms with Crippen LogP contribution in [0.25, 0.3) is 0 Å². The third-order valence-corrected chi connectivity index (χ3v) is 14.7. The summed E-state index contributed by atoms with van der Waals surface area (Å²) in [5.74, 6) is 0. The molecule has 0 heterocycles. The normalized spacial score (nSPS) is 11.6. The van der Waals surface area contributed by atoms with Gasteiger partial charge in [0.15, 0.2) is 0 Å². The molecule has 0 spiro atoms. The second-order valence-electron chi connectivity index (χ2n) is 20.9. The zero-order valence-electron chi connectivity index (χ0n) is 43.5. The van der Waals surface area contributed by atoms with Gasteiger partial charge in [-0.3, -0.25) is 0 Å². The lowest BCUT2D eigenvalue weighted by Crippen LogP contribution is -1.95. The minimum atomic E-state index is 1.30. The molecule has 0 N–H and O–H groups in total. The molecule has 0 heteroatoms. The fourth-order valence-electron chi connectivity index (χ4n) is 10.3. The Bertz CT molecular complexity index is 855. The number of benzene rings is 1. The van der Waals surface area contributed by atoms with E-state index < -0.39 is 0 Å². The third kappa shape index (κ3) is 45.8. The first-order valence-electron chi connectivity index (χ1n) is 29.9.